The summed E-state index contributed by atoms with van der Waals surface area (Å²) in [6, 6.07) is 2.00. The maximum atomic E-state index is 12.1. The van der Waals surface area contributed by atoms with Crippen LogP contribution < -0.4 is 0 Å². The van der Waals surface area contributed by atoms with Crippen molar-refractivity contribution in [3.05, 3.63) is 33.4 Å². The SMILES string of the molecule is CC1(C)CC(=O)c2cnc(-c3cc(Br)cs3)nc2C1. The molecule has 1 aliphatic rings. The highest BCUT2D eigenvalue weighted by Gasteiger charge is 2.32. The summed E-state index contributed by atoms with van der Waals surface area (Å²) in [7, 11) is 0. The molecule has 0 saturated heterocycles. The minimum atomic E-state index is -0.00819. The van der Waals surface area contributed by atoms with Crippen LogP contribution in [0.15, 0.2) is 22.1 Å². The molecular formula is C14H13BrN2OS. The highest BCUT2D eigenvalue weighted by atomic mass is 79.9. The van der Waals surface area contributed by atoms with Crippen LogP contribution in [0.3, 0.4) is 0 Å². The summed E-state index contributed by atoms with van der Waals surface area (Å²) in [4.78, 5) is 22.0. The van der Waals surface area contributed by atoms with E-state index in [0.29, 0.717) is 17.8 Å². The molecule has 19 heavy (non-hydrogen) atoms. The number of fused-ring (bicyclic) bond motifs is 1. The zero-order chi connectivity index (χ0) is 13.6. The molecule has 2 aromatic rings. The van der Waals surface area contributed by atoms with Crippen molar-refractivity contribution in [2.75, 3.05) is 0 Å². The molecule has 0 aliphatic heterocycles. The molecule has 0 N–H and O–H groups in total. The Kier molecular flexibility index (Phi) is 3.06. The summed E-state index contributed by atoms with van der Waals surface area (Å²) in [5, 5.41) is 2.01. The lowest BCUT2D eigenvalue weighted by atomic mass is 9.76. The third-order valence-corrected chi connectivity index (χ3v) is 4.93. The Bertz CT molecular complexity index is 663. The summed E-state index contributed by atoms with van der Waals surface area (Å²) in [5.41, 5.74) is 1.57. The van der Waals surface area contributed by atoms with E-state index in [1.54, 1.807) is 17.5 Å². The monoisotopic (exact) mass is 336 g/mol. The Labute approximate surface area is 124 Å². The molecule has 0 spiro atoms. The highest BCUT2D eigenvalue weighted by molar-refractivity contribution is 9.10. The first kappa shape index (κ1) is 12.9. The summed E-state index contributed by atoms with van der Waals surface area (Å²) in [6.45, 7) is 4.22. The lowest BCUT2D eigenvalue weighted by Crippen LogP contribution is -2.28. The number of hydrogen-bond donors (Lipinski definition) is 0. The van der Waals surface area contributed by atoms with Crippen LogP contribution in [0.5, 0.6) is 0 Å². The molecule has 2 aromatic heterocycles. The number of thiophene rings is 1. The van der Waals surface area contributed by atoms with E-state index in [1.807, 2.05) is 11.4 Å². The van der Waals surface area contributed by atoms with Gasteiger partial charge in [-0.3, -0.25) is 4.79 Å². The van der Waals surface area contributed by atoms with Gasteiger partial charge in [-0.25, -0.2) is 9.97 Å². The van der Waals surface area contributed by atoms with Gasteiger partial charge in [-0.05, 0) is 33.8 Å². The van der Waals surface area contributed by atoms with Crippen molar-refractivity contribution in [3.63, 3.8) is 0 Å². The predicted octanol–water partition coefficient (Wildman–Crippen LogP) is 4.12. The molecule has 3 rings (SSSR count). The van der Waals surface area contributed by atoms with Gasteiger partial charge in [0, 0.05) is 22.5 Å². The fraction of sp³-hybridized carbons (Fsp3) is 0.357. The summed E-state index contributed by atoms with van der Waals surface area (Å²) in [5.74, 6) is 0.866. The van der Waals surface area contributed by atoms with E-state index in [-0.39, 0.29) is 11.2 Å². The Hall–Kier alpha value is -1.07. The third kappa shape index (κ3) is 2.49. The molecule has 0 unspecified atom stereocenters. The Morgan fingerprint density at radius 3 is 2.84 bits per heavy atom. The Morgan fingerprint density at radius 2 is 2.16 bits per heavy atom. The predicted molar refractivity (Wildman–Crippen MR) is 79.5 cm³/mol. The smallest absolute Gasteiger partial charge is 0.169 e. The maximum Gasteiger partial charge on any atom is 0.169 e. The van der Waals surface area contributed by atoms with Crippen LogP contribution in [0.1, 0.15) is 36.3 Å². The van der Waals surface area contributed by atoms with E-state index in [1.165, 1.54) is 0 Å². The van der Waals surface area contributed by atoms with Crippen molar-refractivity contribution in [2.24, 2.45) is 5.41 Å². The van der Waals surface area contributed by atoms with Gasteiger partial charge in [0.15, 0.2) is 11.6 Å². The average molecular weight is 337 g/mol. The number of hydrogen-bond acceptors (Lipinski definition) is 4. The molecule has 0 fully saturated rings. The van der Waals surface area contributed by atoms with Gasteiger partial charge in [0.25, 0.3) is 0 Å². The van der Waals surface area contributed by atoms with Crippen LogP contribution in [0.4, 0.5) is 0 Å². The van der Waals surface area contributed by atoms with E-state index in [4.69, 9.17) is 0 Å². The van der Waals surface area contributed by atoms with Gasteiger partial charge >= 0.3 is 0 Å². The number of nitrogens with zero attached hydrogens (tertiary/aromatic N) is 2. The second kappa shape index (κ2) is 4.49. The highest BCUT2D eigenvalue weighted by Crippen LogP contribution is 2.35. The molecule has 98 valence electrons. The quantitative estimate of drug-likeness (QED) is 0.786. The third-order valence-electron chi connectivity index (χ3n) is 3.24. The first-order valence-electron chi connectivity index (χ1n) is 6.08. The average Bonchev–Trinajstić information content (AvgIpc) is 2.73. The van der Waals surface area contributed by atoms with Crippen molar-refractivity contribution >= 4 is 33.0 Å². The number of carbonyl (C=O) groups excluding carboxylic acids is 1. The zero-order valence-electron chi connectivity index (χ0n) is 10.7. The zero-order valence-corrected chi connectivity index (χ0v) is 13.1. The van der Waals surface area contributed by atoms with Gasteiger partial charge < -0.3 is 0 Å². The van der Waals surface area contributed by atoms with Crippen LogP contribution in [0.2, 0.25) is 0 Å². The molecule has 0 saturated carbocycles. The Balaban J connectivity index is 2.06. The van der Waals surface area contributed by atoms with Crippen LogP contribution in [0.25, 0.3) is 10.7 Å². The first-order valence-corrected chi connectivity index (χ1v) is 7.75. The van der Waals surface area contributed by atoms with Crippen molar-refractivity contribution in [2.45, 2.75) is 26.7 Å². The van der Waals surface area contributed by atoms with Crippen LogP contribution in [-0.2, 0) is 6.42 Å². The second-order valence-electron chi connectivity index (χ2n) is 5.62. The fourth-order valence-electron chi connectivity index (χ4n) is 2.38. The van der Waals surface area contributed by atoms with Gasteiger partial charge in [-0.1, -0.05) is 13.8 Å². The topological polar surface area (TPSA) is 42.9 Å². The number of ketones is 1. The molecule has 3 nitrogen and oxygen atoms in total. The lowest BCUT2D eigenvalue weighted by molar-refractivity contribution is 0.0910. The molecule has 0 amide bonds. The van der Waals surface area contributed by atoms with Gasteiger partial charge in [0.2, 0.25) is 0 Å². The fourth-order valence-corrected chi connectivity index (χ4v) is 3.75. The molecule has 0 bridgehead atoms. The van der Waals surface area contributed by atoms with Crippen LogP contribution >= 0.6 is 27.3 Å². The first-order chi connectivity index (χ1) is 8.94. The van der Waals surface area contributed by atoms with E-state index in [9.17, 15) is 4.79 Å². The molecule has 0 radical (unpaired) electrons. The maximum absolute atomic E-state index is 12.1. The second-order valence-corrected chi connectivity index (χ2v) is 7.45. The molecule has 1 aliphatic carbocycles. The van der Waals surface area contributed by atoms with Crippen molar-refractivity contribution in [3.8, 4) is 10.7 Å². The van der Waals surface area contributed by atoms with E-state index < -0.39 is 0 Å². The molecule has 2 heterocycles. The number of Topliss-reactive ketones (excluding diaryl/α,β-unsaturated/α-hetero) is 1. The van der Waals surface area contributed by atoms with E-state index >= 15 is 0 Å². The van der Waals surface area contributed by atoms with E-state index in [0.717, 1.165) is 21.5 Å². The van der Waals surface area contributed by atoms with E-state index in [2.05, 4.69) is 39.7 Å². The minimum Gasteiger partial charge on any atom is -0.294 e. The Morgan fingerprint density at radius 1 is 1.37 bits per heavy atom. The summed E-state index contributed by atoms with van der Waals surface area (Å²) in [6.07, 6.45) is 3.09. The largest absolute Gasteiger partial charge is 0.294 e. The van der Waals surface area contributed by atoms with Gasteiger partial charge in [0.1, 0.15) is 0 Å². The van der Waals surface area contributed by atoms with Crippen molar-refractivity contribution in [1.29, 1.82) is 0 Å². The molecule has 0 atom stereocenters. The summed E-state index contributed by atoms with van der Waals surface area (Å²) < 4.78 is 1.03. The van der Waals surface area contributed by atoms with Crippen LogP contribution in [-0.4, -0.2) is 15.8 Å². The molecule has 5 heteroatoms. The van der Waals surface area contributed by atoms with Gasteiger partial charge in [0.05, 0.1) is 16.1 Å². The normalized spacial score (nSPS) is 17.3. The standard InChI is InChI=1S/C14H13BrN2OS/c1-14(2)4-10-9(11(18)5-14)6-16-13(17-10)12-3-8(15)7-19-12/h3,6-7H,4-5H2,1-2H3. The lowest BCUT2D eigenvalue weighted by Gasteiger charge is -2.29. The number of rotatable bonds is 1. The molecule has 0 aromatic carbocycles. The van der Waals surface area contributed by atoms with Gasteiger partial charge in [-0.15, -0.1) is 11.3 Å². The summed E-state index contributed by atoms with van der Waals surface area (Å²) >= 11 is 5.03. The van der Waals surface area contributed by atoms with Crippen molar-refractivity contribution in [1.82, 2.24) is 9.97 Å². The van der Waals surface area contributed by atoms with Crippen LogP contribution in [0, 0.1) is 5.41 Å². The molecular weight excluding hydrogens is 324 g/mol. The number of halogens is 1. The number of carbonyl (C=O) groups is 1. The number of aromatic nitrogens is 2. The minimum absolute atomic E-state index is 0.00819. The van der Waals surface area contributed by atoms with Gasteiger partial charge in [-0.2, -0.15) is 0 Å². The van der Waals surface area contributed by atoms with Crippen molar-refractivity contribution < 1.29 is 4.79 Å².